The van der Waals surface area contributed by atoms with Gasteiger partial charge in [-0.05, 0) is 48.7 Å². The van der Waals surface area contributed by atoms with Gasteiger partial charge in [-0.2, -0.15) is 0 Å². The van der Waals surface area contributed by atoms with E-state index in [9.17, 15) is 0 Å². The lowest BCUT2D eigenvalue weighted by Gasteiger charge is -2.22. The molecule has 0 aliphatic rings. The minimum Gasteiger partial charge on any atom is -0.207 e. The van der Waals surface area contributed by atoms with Gasteiger partial charge in [0.1, 0.15) is 11.6 Å². The van der Waals surface area contributed by atoms with Crippen LogP contribution in [0.15, 0.2) is 133 Å². The number of halogens is 2. The summed E-state index contributed by atoms with van der Waals surface area (Å²) in [5, 5.41) is 4.58. The summed E-state index contributed by atoms with van der Waals surface area (Å²) in [5.74, 6) is -0.881. The van der Waals surface area contributed by atoms with Crippen molar-refractivity contribution in [1.82, 2.24) is 0 Å². The maximum Gasteiger partial charge on any atom is 0.133 e. The van der Waals surface area contributed by atoms with Crippen LogP contribution in [0.25, 0.3) is 0 Å². The summed E-state index contributed by atoms with van der Waals surface area (Å²) in [7, 11) is -1.79. The molecule has 0 bridgehead atoms. The summed E-state index contributed by atoms with van der Waals surface area (Å²) >= 11 is 0. The van der Waals surface area contributed by atoms with Gasteiger partial charge in [0.15, 0.2) is 0 Å². The Bertz CT molecular complexity index is 1310. The van der Waals surface area contributed by atoms with Crippen molar-refractivity contribution in [3.05, 3.63) is 156 Å². The Morgan fingerprint density at radius 3 is 1.17 bits per heavy atom. The summed E-state index contributed by atoms with van der Waals surface area (Å²) in [6.45, 7) is 0. The molecule has 0 radical (unpaired) electrons. The zero-order valence-corrected chi connectivity index (χ0v) is 21.6. The van der Waals surface area contributed by atoms with E-state index < -0.39 is 27.5 Å². The monoisotopic (exact) mass is 510 g/mol. The molecule has 4 heteroatoms. The molecule has 0 atom stereocenters. The smallest absolute Gasteiger partial charge is 0.133 e. The average Bonchev–Trinajstić information content (AvgIpc) is 2.95. The first-order valence-corrected chi connectivity index (χ1v) is 15.0. The van der Waals surface area contributed by atoms with E-state index in [4.69, 9.17) is 0 Å². The van der Waals surface area contributed by atoms with Crippen LogP contribution in [0.3, 0.4) is 0 Å². The van der Waals surface area contributed by atoms with Gasteiger partial charge in [0.2, 0.25) is 0 Å². The Kier molecular flexibility index (Phi) is 7.97. The molecule has 36 heavy (non-hydrogen) atoms. The van der Waals surface area contributed by atoms with Crippen molar-refractivity contribution in [1.29, 1.82) is 0 Å². The van der Waals surface area contributed by atoms with Gasteiger partial charge >= 0.3 is 0 Å². The van der Waals surface area contributed by atoms with Crippen LogP contribution in [0.5, 0.6) is 0 Å². The lowest BCUT2D eigenvalue weighted by atomic mass is 10.1. The molecule has 0 spiro atoms. The van der Waals surface area contributed by atoms with Crippen LogP contribution in [0.4, 0.5) is 8.78 Å². The van der Waals surface area contributed by atoms with Gasteiger partial charge < -0.3 is 0 Å². The van der Waals surface area contributed by atoms with E-state index in [2.05, 4.69) is 48.5 Å². The molecule has 178 valence electrons. The molecule has 0 aliphatic carbocycles. The molecule has 0 fully saturated rings. The van der Waals surface area contributed by atoms with Crippen LogP contribution in [0, 0.1) is 11.6 Å². The lowest BCUT2D eigenvalue weighted by molar-refractivity contribution is 0.559. The second-order valence-corrected chi connectivity index (χ2v) is 12.9. The molecule has 5 aromatic carbocycles. The van der Waals surface area contributed by atoms with Gasteiger partial charge in [0.05, 0.1) is 0 Å². The van der Waals surface area contributed by atoms with Crippen LogP contribution in [0.2, 0.25) is 0 Å². The molecule has 0 nitrogen and oxygen atoms in total. The zero-order chi connectivity index (χ0) is 24.7. The van der Waals surface area contributed by atoms with Crippen LogP contribution >= 0.6 is 15.8 Å². The van der Waals surface area contributed by atoms with Crippen LogP contribution < -0.4 is 21.2 Å². The highest BCUT2D eigenvalue weighted by Gasteiger charge is 2.23. The van der Waals surface area contributed by atoms with Gasteiger partial charge in [0.25, 0.3) is 0 Å². The van der Waals surface area contributed by atoms with E-state index in [-0.39, 0.29) is 5.56 Å². The van der Waals surface area contributed by atoms with Gasteiger partial charge in [-0.25, -0.2) is 8.78 Å². The summed E-state index contributed by atoms with van der Waals surface area (Å²) in [5.41, 5.74) is 0.753. The lowest BCUT2D eigenvalue weighted by Crippen LogP contribution is -2.16. The van der Waals surface area contributed by atoms with Crippen LogP contribution in [0.1, 0.15) is 11.1 Å². The van der Waals surface area contributed by atoms with Crippen molar-refractivity contribution >= 4 is 37.1 Å². The molecule has 0 aromatic heterocycles. The normalized spacial score (nSPS) is 11.2. The predicted octanol–water partition coefficient (Wildman–Crippen LogP) is 7.23. The highest BCUT2D eigenvalue weighted by Crippen LogP contribution is 2.42. The van der Waals surface area contributed by atoms with Crippen molar-refractivity contribution in [2.45, 2.75) is 12.3 Å². The molecule has 0 aliphatic heterocycles. The van der Waals surface area contributed by atoms with Crippen molar-refractivity contribution in [3.8, 4) is 0 Å². The Morgan fingerprint density at radius 1 is 0.417 bits per heavy atom. The van der Waals surface area contributed by atoms with E-state index in [1.165, 1.54) is 16.7 Å². The largest absolute Gasteiger partial charge is 0.207 e. The molecule has 5 rings (SSSR count). The Labute approximate surface area is 214 Å². The van der Waals surface area contributed by atoms with Crippen molar-refractivity contribution in [3.63, 3.8) is 0 Å². The van der Waals surface area contributed by atoms with Crippen molar-refractivity contribution < 1.29 is 8.78 Å². The van der Waals surface area contributed by atoms with E-state index in [1.54, 1.807) is 6.07 Å². The van der Waals surface area contributed by atoms with Gasteiger partial charge in [-0.3, -0.25) is 0 Å². The minimum atomic E-state index is -0.955. The van der Waals surface area contributed by atoms with E-state index in [0.29, 0.717) is 17.9 Å². The SMILES string of the molecule is Fc1ccc(CP(c2ccccc2)c2ccccc2)c(F)c1CP(c1ccccc1)c1ccccc1. The molecule has 0 saturated carbocycles. The summed E-state index contributed by atoms with van der Waals surface area (Å²) < 4.78 is 31.3. The third-order valence-corrected chi connectivity index (χ3v) is 11.2. The Morgan fingerprint density at radius 2 is 0.778 bits per heavy atom. The molecule has 0 unspecified atom stereocenters. The maximum atomic E-state index is 16.1. The Hall–Kier alpha value is -3.18. The fourth-order valence-corrected chi connectivity index (χ4v) is 8.98. The van der Waals surface area contributed by atoms with E-state index in [1.807, 2.05) is 72.8 Å². The Balaban J connectivity index is 1.53. The van der Waals surface area contributed by atoms with Crippen molar-refractivity contribution in [2.24, 2.45) is 0 Å². The number of benzene rings is 5. The van der Waals surface area contributed by atoms with E-state index >= 15 is 8.78 Å². The molecule has 0 N–H and O–H groups in total. The number of hydrogen-bond acceptors (Lipinski definition) is 0. The first-order chi connectivity index (χ1) is 17.7. The number of hydrogen-bond donors (Lipinski definition) is 0. The first-order valence-electron chi connectivity index (χ1n) is 11.9. The van der Waals surface area contributed by atoms with Gasteiger partial charge in [-0.15, -0.1) is 0 Å². The quantitative estimate of drug-likeness (QED) is 0.193. The average molecular weight is 511 g/mol. The summed E-state index contributed by atoms with van der Waals surface area (Å²) in [6.07, 6.45) is 0.848. The summed E-state index contributed by atoms with van der Waals surface area (Å²) in [4.78, 5) is 0. The molecule has 5 aromatic rings. The molecule has 0 heterocycles. The van der Waals surface area contributed by atoms with Gasteiger partial charge in [-0.1, -0.05) is 127 Å². The van der Waals surface area contributed by atoms with E-state index in [0.717, 1.165) is 10.6 Å². The third-order valence-electron chi connectivity index (χ3n) is 6.18. The van der Waals surface area contributed by atoms with Crippen molar-refractivity contribution in [2.75, 3.05) is 0 Å². The fraction of sp³-hybridized carbons (Fsp3) is 0.0625. The topological polar surface area (TPSA) is 0 Å². The molecular formula is C32H26F2P2. The molecular weight excluding hydrogens is 484 g/mol. The predicted molar refractivity (Wildman–Crippen MR) is 152 cm³/mol. The second kappa shape index (κ2) is 11.7. The number of rotatable bonds is 8. The van der Waals surface area contributed by atoms with Crippen LogP contribution in [-0.2, 0) is 12.3 Å². The van der Waals surface area contributed by atoms with Gasteiger partial charge in [0, 0.05) is 17.9 Å². The zero-order valence-electron chi connectivity index (χ0n) is 19.8. The highest BCUT2D eigenvalue weighted by atomic mass is 31.1. The fourth-order valence-electron chi connectivity index (χ4n) is 4.34. The molecule has 0 saturated heterocycles. The third kappa shape index (κ3) is 5.62. The molecule has 0 amide bonds. The minimum absolute atomic E-state index is 0.183. The van der Waals surface area contributed by atoms with Crippen LogP contribution in [-0.4, -0.2) is 0 Å². The standard InChI is InChI=1S/C32H26F2P2/c33-31-22-21-25(23-35(26-13-5-1-6-14-26)27-15-7-2-8-16-27)32(34)30(31)24-36(28-17-9-3-10-18-28)29-19-11-4-12-20-29/h1-22H,23-24H2. The maximum absolute atomic E-state index is 16.1. The first kappa shape index (κ1) is 24.5. The second-order valence-electron chi connectivity index (χ2n) is 8.51. The summed E-state index contributed by atoms with van der Waals surface area (Å²) in [6, 6.07) is 43.7. The highest BCUT2D eigenvalue weighted by molar-refractivity contribution is 7.72.